The molecule has 19 heavy (non-hydrogen) atoms. The van der Waals surface area contributed by atoms with Gasteiger partial charge in [0.25, 0.3) is 5.56 Å². The number of hydrogen-bond donors (Lipinski definition) is 1. The van der Waals surface area contributed by atoms with Gasteiger partial charge in [0.2, 0.25) is 0 Å². The van der Waals surface area contributed by atoms with E-state index in [0.29, 0.717) is 44.6 Å². The molecule has 0 spiro atoms. The molecule has 0 aromatic carbocycles. The third kappa shape index (κ3) is 6.35. The summed E-state index contributed by atoms with van der Waals surface area (Å²) < 4.78 is 12.1. The van der Waals surface area contributed by atoms with Crippen LogP contribution in [0.4, 0.5) is 0 Å². The Bertz CT molecular complexity index is 418. The quantitative estimate of drug-likeness (QED) is 0.666. The van der Waals surface area contributed by atoms with Crippen LogP contribution in [0, 0.1) is 5.92 Å². The molecule has 0 fully saturated rings. The number of aromatic nitrogens is 2. The van der Waals surface area contributed by atoms with Crippen molar-refractivity contribution in [2.24, 2.45) is 11.7 Å². The third-order valence-electron chi connectivity index (χ3n) is 2.36. The van der Waals surface area contributed by atoms with Crippen molar-refractivity contribution in [1.82, 2.24) is 9.78 Å². The van der Waals surface area contributed by atoms with Gasteiger partial charge in [0.15, 0.2) is 0 Å². The van der Waals surface area contributed by atoms with Crippen LogP contribution in [-0.2, 0) is 11.3 Å². The Kier molecular flexibility index (Phi) is 7.14. The standard InChI is InChI=1S/C13H23N3O3/c1-11(2)10-18-7-5-16-13(17)8-12(9-15-16)19-6-3-4-14/h8-9,11H,3-7,10,14H2,1-2H3. The molecule has 1 aromatic rings. The van der Waals surface area contributed by atoms with Gasteiger partial charge in [-0.2, -0.15) is 5.10 Å². The van der Waals surface area contributed by atoms with Gasteiger partial charge < -0.3 is 15.2 Å². The van der Waals surface area contributed by atoms with E-state index < -0.39 is 0 Å². The Morgan fingerprint density at radius 2 is 2.21 bits per heavy atom. The largest absolute Gasteiger partial charge is 0.492 e. The van der Waals surface area contributed by atoms with E-state index in [9.17, 15) is 4.79 Å². The van der Waals surface area contributed by atoms with E-state index in [1.54, 1.807) is 6.20 Å². The first-order chi connectivity index (χ1) is 9.13. The van der Waals surface area contributed by atoms with Crippen molar-refractivity contribution in [2.45, 2.75) is 26.8 Å². The molecule has 108 valence electrons. The first kappa shape index (κ1) is 15.7. The van der Waals surface area contributed by atoms with E-state index in [-0.39, 0.29) is 5.56 Å². The molecule has 0 bridgehead atoms. The zero-order valence-corrected chi connectivity index (χ0v) is 11.7. The lowest BCUT2D eigenvalue weighted by Gasteiger charge is -2.09. The summed E-state index contributed by atoms with van der Waals surface area (Å²) in [6, 6.07) is 1.44. The molecule has 0 atom stereocenters. The van der Waals surface area contributed by atoms with Gasteiger partial charge in [0, 0.05) is 12.7 Å². The molecule has 0 saturated carbocycles. The van der Waals surface area contributed by atoms with Crippen LogP contribution in [0.3, 0.4) is 0 Å². The maximum Gasteiger partial charge on any atom is 0.270 e. The third-order valence-corrected chi connectivity index (χ3v) is 2.36. The van der Waals surface area contributed by atoms with Gasteiger partial charge in [-0.15, -0.1) is 0 Å². The summed E-state index contributed by atoms with van der Waals surface area (Å²) >= 11 is 0. The maximum absolute atomic E-state index is 11.7. The second-order valence-corrected chi connectivity index (χ2v) is 4.71. The van der Waals surface area contributed by atoms with E-state index in [1.165, 1.54) is 10.7 Å². The Labute approximate surface area is 113 Å². The van der Waals surface area contributed by atoms with Gasteiger partial charge in [0.05, 0.1) is 26.0 Å². The maximum atomic E-state index is 11.7. The van der Waals surface area contributed by atoms with Crippen molar-refractivity contribution in [3.63, 3.8) is 0 Å². The van der Waals surface area contributed by atoms with Crippen LogP contribution in [0.25, 0.3) is 0 Å². The van der Waals surface area contributed by atoms with E-state index in [4.69, 9.17) is 15.2 Å². The highest BCUT2D eigenvalue weighted by Crippen LogP contribution is 2.03. The molecule has 0 aliphatic heterocycles. The minimum absolute atomic E-state index is 0.182. The van der Waals surface area contributed by atoms with Crippen molar-refractivity contribution in [3.05, 3.63) is 22.6 Å². The molecular weight excluding hydrogens is 246 g/mol. The van der Waals surface area contributed by atoms with Crippen molar-refractivity contribution in [2.75, 3.05) is 26.4 Å². The second-order valence-electron chi connectivity index (χ2n) is 4.71. The van der Waals surface area contributed by atoms with Crippen LogP contribution in [-0.4, -0.2) is 36.1 Å². The number of nitrogens with zero attached hydrogens (tertiary/aromatic N) is 2. The number of hydrogen-bond acceptors (Lipinski definition) is 5. The van der Waals surface area contributed by atoms with Crippen LogP contribution in [0.5, 0.6) is 5.75 Å². The summed E-state index contributed by atoms with van der Waals surface area (Å²) in [6.07, 6.45) is 2.30. The lowest BCUT2D eigenvalue weighted by Crippen LogP contribution is -2.24. The lowest BCUT2D eigenvalue weighted by molar-refractivity contribution is 0.0999. The SMILES string of the molecule is CC(C)COCCn1ncc(OCCCN)cc1=O. The number of rotatable bonds is 9. The monoisotopic (exact) mass is 269 g/mol. The molecule has 0 aliphatic carbocycles. The summed E-state index contributed by atoms with van der Waals surface area (Å²) in [7, 11) is 0. The predicted octanol–water partition coefficient (Wildman–Crippen LogP) is 0.643. The normalized spacial score (nSPS) is 10.9. The summed E-state index contributed by atoms with van der Waals surface area (Å²) in [5, 5.41) is 4.04. The van der Waals surface area contributed by atoms with Crippen LogP contribution in [0.1, 0.15) is 20.3 Å². The van der Waals surface area contributed by atoms with Crippen LogP contribution in [0.15, 0.2) is 17.1 Å². The number of ether oxygens (including phenoxy) is 2. The molecule has 6 heteroatoms. The second kappa shape index (κ2) is 8.66. The molecule has 0 radical (unpaired) electrons. The van der Waals surface area contributed by atoms with Gasteiger partial charge in [-0.3, -0.25) is 4.79 Å². The van der Waals surface area contributed by atoms with Crippen molar-refractivity contribution < 1.29 is 9.47 Å². The van der Waals surface area contributed by atoms with Crippen LogP contribution in [0.2, 0.25) is 0 Å². The lowest BCUT2D eigenvalue weighted by atomic mass is 10.2. The average Bonchev–Trinajstić information content (AvgIpc) is 2.36. The number of nitrogens with two attached hydrogens (primary N) is 1. The van der Waals surface area contributed by atoms with E-state index in [1.807, 2.05) is 0 Å². The summed E-state index contributed by atoms with van der Waals surface area (Å²) in [5.41, 5.74) is 5.18. The fourth-order valence-electron chi connectivity index (χ4n) is 1.41. The molecule has 6 nitrogen and oxygen atoms in total. The molecule has 1 heterocycles. The Morgan fingerprint density at radius 1 is 1.42 bits per heavy atom. The molecule has 1 aromatic heterocycles. The smallest absolute Gasteiger partial charge is 0.270 e. The zero-order chi connectivity index (χ0) is 14.1. The van der Waals surface area contributed by atoms with Crippen LogP contribution >= 0.6 is 0 Å². The summed E-state index contributed by atoms with van der Waals surface area (Å²) in [6.45, 7) is 6.86. The van der Waals surface area contributed by atoms with Gasteiger partial charge >= 0.3 is 0 Å². The van der Waals surface area contributed by atoms with E-state index >= 15 is 0 Å². The minimum atomic E-state index is -0.182. The van der Waals surface area contributed by atoms with Crippen molar-refractivity contribution in [1.29, 1.82) is 0 Å². The molecule has 2 N–H and O–H groups in total. The van der Waals surface area contributed by atoms with Gasteiger partial charge in [-0.1, -0.05) is 13.8 Å². The Hall–Kier alpha value is -1.40. The Balaban J connectivity index is 2.41. The molecule has 0 aliphatic rings. The minimum Gasteiger partial charge on any atom is -0.492 e. The topological polar surface area (TPSA) is 79.4 Å². The summed E-state index contributed by atoms with van der Waals surface area (Å²) in [4.78, 5) is 11.7. The highest BCUT2D eigenvalue weighted by atomic mass is 16.5. The molecule has 0 saturated heterocycles. The average molecular weight is 269 g/mol. The van der Waals surface area contributed by atoms with Gasteiger partial charge in [-0.25, -0.2) is 4.68 Å². The van der Waals surface area contributed by atoms with Crippen molar-refractivity contribution in [3.8, 4) is 5.75 Å². The van der Waals surface area contributed by atoms with Crippen LogP contribution < -0.4 is 16.0 Å². The molecule has 0 unspecified atom stereocenters. The van der Waals surface area contributed by atoms with Gasteiger partial charge in [0.1, 0.15) is 5.75 Å². The predicted molar refractivity (Wildman–Crippen MR) is 73.3 cm³/mol. The Morgan fingerprint density at radius 3 is 2.84 bits per heavy atom. The fraction of sp³-hybridized carbons (Fsp3) is 0.692. The zero-order valence-electron chi connectivity index (χ0n) is 11.7. The first-order valence-electron chi connectivity index (χ1n) is 6.61. The molecule has 1 rings (SSSR count). The van der Waals surface area contributed by atoms with Gasteiger partial charge in [-0.05, 0) is 18.9 Å². The fourth-order valence-corrected chi connectivity index (χ4v) is 1.41. The highest BCUT2D eigenvalue weighted by Gasteiger charge is 2.01. The molecule has 0 amide bonds. The van der Waals surface area contributed by atoms with Crippen molar-refractivity contribution >= 4 is 0 Å². The van der Waals surface area contributed by atoms with E-state index in [2.05, 4.69) is 18.9 Å². The highest BCUT2D eigenvalue weighted by molar-refractivity contribution is 5.13. The molecular formula is C13H23N3O3. The summed E-state index contributed by atoms with van der Waals surface area (Å²) in [5.74, 6) is 0.973. The van der Waals surface area contributed by atoms with E-state index in [0.717, 1.165) is 6.42 Å². The first-order valence-corrected chi connectivity index (χ1v) is 6.61.